The van der Waals surface area contributed by atoms with Crippen LogP contribution in [0.5, 0.6) is 0 Å². The van der Waals surface area contributed by atoms with E-state index in [9.17, 15) is 9.59 Å². The topological polar surface area (TPSA) is 61.8 Å². The lowest BCUT2D eigenvalue weighted by atomic mass is 9.90. The first-order valence-electron chi connectivity index (χ1n) is 8.20. The van der Waals surface area contributed by atoms with E-state index in [0.29, 0.717) is 29.7 Å². The normalized spacial score (nSPS) is 23.8. The Morgan fingerprint density at radius 2 is 1.92 bits per heavy atom. The molecule has 0 heterocycles. The van der Waals surface area contributed by atoms with Gasteiger partial charge in [0, 0.05) is 13.0 Å². The average molecular weight is 344 g/mol. The van der Waals surface area contributed by atoms with Gasteiger partial charge in [-0.3, -0.25) is 9.59 Å². The molecule has 0 spiro atoms. The van der Waals surface area contributed by atoms with E-state index in [1.807, 2.05) is 13.0 Å². The zero-order valence-electron chi connectivity index (χ0n) is 15.1. The third-order valence-corrected chi connectivity index (χ3v) is 4.52. The number of allylic oxidation sites excluding steroid dienone is 6. The summed E-state index contributed by atoms with van der Waals surface area (Å²) < 4.78 is 16.4. The quantitative estimate of drug-likeness (QED) is 0.525. The second-order valence-corrected chi connectivity index (χ2v) is 5.96. The monoisotopic (exact) mass is 344 g/mol. The molecular weight excluding hydrogens is 320 g/mol. The fraction of sp³-hybridized carbons (Fsp3) is 0.400. The van der Waals surface area contributed by atoms with Crippen LogP contribution in [0.15, 0.2) is 58.6 Å². The van der Waals surface area contributed by atoms with Crippen LogP contribution in [-0.2, 0) is 23.8 Å². The van der Waals surface area contributed by atoms with Crippen molar-refractivity contribution in [2.24, 2.45) is 5.92 Å². The Balaban J connectivity index is 2.27. The molecule has 0 amide bonds. The van der Waals surface area contributed by atoms with Crippen LogP contribution in [0.1, 0.15) is 19.8 Å². The molecule has 0 N–H and O–H groups in total. The molecule has 0 aromatic rings. The lowest BCUT2D eigenvalue weighted by Crippen LogP contribution is -2.26. The van der Waals surface area contributed by atoms with E-state index in [1.54, 1.807) is 39.6 Å². The molecule has 5 nitrogen and oxygen atoms in total. The molecule has 25 heavy (non-hydrogen) atoms. The number of methoxy groups -OCH3 is 3. The third-order valence-electron chi connectivity index (χ3n) is 4.52. The lowest BCUT2D eigenvalue weighted by molar-refractivity contribution is -0.111. The molecule has 2 rings (SSSR count). The van der Waals surface area contributed by atoms with Crippen molar-refractivity contribution in [2.45, 2.75) is 25.9 Å². The first-order valence-corrected chi connectivity index (χ1v) is 8.20. The standard InChI is InChI=1S/C20H24O5/c1-13-18(23-2)11-19(24-3)16(20(13)25-4)9-10-17(22)15-7-5-14(12-21)6-8-15/h5,7,9-13,18H,6,8H2,1-4H3/b10-9+. The molecule has 0 fully saturated rings. The maximum atomic E-state index is 12.4. The molecule has 2 aliphatic carbocycles. The van der Waals surface area contributed by atoms with Crippen LogP contribution in [0, 0.1) is 5.92 Å². The van der Waals surface area contributed by atoms with Crippen LogP contribution < -0.4 is 0 Å². The lowest BCUT2D eigenvalue weighted by Gasteiger charge is -2.29. The Hall–Kier alpha value is -2.40. The van der Waals surface area contributed by atoms with Gasteiger partial charge in [-0.05, 0) is 42.2 Å². The molecule has 5 heteroatoms. The molecule has 0 radical (unpaired) electrons. The molecule has 0 saturated carbocycles. The fourth-order valence-electron chi connectivity index (χ4n) is 3.03. The third kappa shape index (κ3) is 4.17. The predicted molar refractivity (Wildman–Crippen MR) is 94.7 cm³/mol. The van der Waals surface area contributed by atoms with Gasteiger partial charge in [0.15, 0.2) is 5.78 Å². The number of ether oxygens (including phenoxy) is 3. The van der Waals surface area contributed by atoms with E-state index in [4.69, 9.17) is 14.2 Å². The highest BCUT2D eigenvalue weighted by atomic mass is 16.5. The summed E-state index contributed by atoms with van der Waals surface area (Å²) >= 11 is 0. The number of hydrogen-bond donors (Lipinski definition) is 0. The van der Waals surface area contributed by atoms with Crippen molar-refractivity contribution >= 4 is 12.1 Å². The van der Waals surface area contributed by atoms with Crippen molar-refractivity contribution in [2.75, 3.05) is 21.3 Å². The Morgan fingerprint density at radius 3 is 2.44 bits per heavy atom. The summed E-state index contributed by atoms with van der Waals surface area (Å²) in [6, 6.07) is 0. The van der Waals surface area contributed by atoms with E-state index >= 15 is 0 Å². The van der Waals surface area contributed by atoms with Gasteiger partial charge >= 0.3 is 0 Å². The van der Waals surface area contributed by atoms with Gasteiger partial charge in [0.2, 0.25) is 0 Å². The number of rotatable bonds is 7. The van der Waals surface area contributed by atoms with Gasteiger partial charge < -0.3 is 14.2 Å². The van der Waals surface area contributed by atoms with Gasteiger partial charge in [-0.15, -0.1) is 0 Å². The minimum absolute atomic E-state index is 0.00984. The van der Waals surface area contributed by atoms with E-state index in [2.05, 4.69) is 0 Å². The Labute approximate surface area is 148 Å². The minimum atomic E-state index is -0.147. The summed E-state index contributed by atoms with van der Waals surface area (Å²) in [5.41, 5.74) is 2.13. The van der Waals surface area contributed by atoms with Crippen molar-refractivity contribution in [3.05, 3.63) is 58.6 Å². The summed E-state index contributed by atoms with van der Waals surface area (Å²) in [6.45, 7) is 2.00. The molecule has 0 saturated heterocycles. The van der Waals surface area contributed by atoms with Crippen molar-refractivity contribution in [1.82, 2.24) is 0 Å². The maximum Gasteiger partial charge on any atom is 0.181 e. The smallest absolute Gasteiger partial charge is 0.181 e. The van der Waals surface area contributed by atoms with Crippen LogP contribution in [0.25, 0.3) is 0 Å². The van der Waals surface area contributed by atoms with E-state index in [-0.39, 0.29) is 17.8 Å². The zero-order chi connectivity index (χ0) is 18.4. The SMILES string of the molecule is COC1=CC(OC)C(C)C(OC)=C1/C=C/C(=O)C1=CC=C(C=O)CC1. The van der Waals surface area contributed by atoms with Crippen LogP contribution in [0.3, 0.4) is 0 Å². The highest BCUT2D eigenvalue weighted by Gasteiger charge is 2.29. The van der Waals surface area contributed by atoms with E-state index < -0.39 is 0 Å². The molecule has 134 valence electrons. The molecule has 0 aromatic heterocycles. The van der Waals surface area contributed by atoms with E-state index in [0.717, 1.165) is 17.6 Å². The highest BCUT2D eigenvalue weighted by Crippen LogP contribution is 2.33. The second kappa shape index (κ2) is 8.62. The molecule has 0 bridgehead atoms. The molecule has 0 aromatic carbocycles. The molecule has 2 atom stereocenters. The number of carbonyl (C=O) groups is 2. The Kier molecular flexibility index (Phi) is 6.53. The number of aldehydes is 1. The first kappa shape index (κ1) is 18.9. The summed E-state index contributed by atoms with van der Waals surface area (Å²) in [5, 5.41) is 0. The van der Waals surface area contributed by atoms with Crippen molar-refractivity contribution in [3.8, 4) is 0 Å². The maximum absolute atomic E-state index is 12.4. The number of hydrogen-bond acceptors (Lipinski definition) is 5. The first-order chi connectivity index (χ1) is 12.0. The van der Waals surface area contributed by atoms with Crippen molar-refractivity contribution in [3.63, 3.8) is 0 Å². The van der Waals surface area contributed by atoms with Crippen molar-refractivity contribution in [1.29, 1.82) is 0 Å². The average Bonchev–Trinajstić information content (AvgIpc) is 2.66. The van der Waals surface area contributed by atoms with Gasteiger partial charge in [0.1, 0.15) is 17.8 Å². The van der Waals surface area contributed by atoms with E-state index in [1.165, 1.54) is 6.08 Å². The fourth-order valence-corrected chi connectivity index (χ4v) is 3.03. The van der Waals surface area contributed by atoms with Gasteiger partial charge in [-0.25, -0.2) is 0 Å². The largest absolute Gasteiger partial charge is 0.500 e. The zero-order valence-corrected chi connectivity index (χ0v) is 15.1. The Morgan fingerprint density at radius 1 is 1.16 bits per heavy atom. The number of ketones is 1. The van der Waals surface area contributed by atoms with Crippen LogP contribution in [-0.4, -0.2) is 39.5 Å². The van der Waals surface area contributed by atoms with Crippen molar-refractivity contribution < 1.29 is 23.8 Å². The van der Waals surface area contributed by atoms with Crippen LogP contribution in [0.2, 0.25) is 0 Å². The van der Waals surface area contributed by atoms with Gasteiger partial charge in [0.25, 0.3) is 0 Å². The van der Waals surface area contributed by atoms with Crippen LogP contribution in [0.4, 0.5) is 0 Å². The predicted octanol–water partition coefficient (Wildman–Crippen LogP) is 3.05. The summed E-state index contributed by atoms with van der Waals surface area (Å²) in [4.78, 5) is 23.1. The summed E-state index contributed by atoms with van der Waals surface area (Å²) in [5.74, 6) is 1.26. The molecule has 2 aliphatic rings. The minimum Gasteiger partial charge on any atom is -0.500 e. The van der Waals surface area contributed by atoms with Gasteiger partial charge in [0.05, 0.1) is 25.9 Å². The second-order valence-electron chi connectivity index (χ2n) is 5.96. The highest BCUT2D eigenvalue weighted by molar-refractivity contribution is 6.05. The summed E-state index contributed by atoms with van der Waals surface area (Å²) in [6.07, 6.45) is 10.4. The summed E-state index contributed by atoms with van der Waals surface area (Å²) in [7, 11) is 4.81. The molecule has 2 unspecified atom stereocenters. The number of carbonyl (C=O) groups excluding carboxylic acids is 2. The molecule has 0 aliphatic heterocycles. The van der Waals surface area contributed by atoms with Gasteiger partial charge in [-0.2, -0.15) is 0 Å². The molecular formula is C20H24O5. The Bertz CT molecular complexity index is 691. The van der Waals surface area contributed by atoms with Gasteiger partial charge in [-0.1, -0.05) is 19.1 Å². The van der Waals surface area contributed by atoms with Crippen LogP contribution >= 0.6 is 0 Å².